The molecule has 2 rings (SSSR count). The van der Waals surface area contributed by atoms with E-state index in [9.17, 15) is 0 Å². The number of nitrogens with one attached hydrogen (secondary N) is 1. The average Bonchev–Trinajstić information content (AvgIpc) is 2.32. The van der Waals surface area contributed by atoms with Crippen molar-refractivity contribution in [1.29, 1.82) is 0 Å². The van der Waals surface area contributed by atoms with Crippen molar-refractivity contribution in [3.05, 3.63) is 17.8 Å². The Morgan fingerprint density at radius 2 is 2.29 bits per heavy atom. The molecule has 0 radical (unpaired) electrons. The summed E-state index contributed by atoms with van der Waals surface area (Å²) in [6.45, 7) is 4.11. The van der Waals surface area contributed by atoms with Crippen LogP contribution in [0, 0.1) is 6.92 Å². The summed E-state index contributed by atoms with van der Waals surface area (Å²) in [5, 5.41) is 3.38. The molecule has 1 fully saturated rings. The fourth-order valence-electron chi connectivity index (χ4n) is 2.33. The maximum absolute atomic E-state index is 5.90. The van der Waals surface area contributed by atoms with Crippen LogP contribution in [-0.4, -0.2) is 36.1 Å². The van der Waals surface area contributed by atoms with Crippen LogP contribution in [0.3, 0.4) is 0 Å². The van der Waals surface area contributed by atoms with Crippen LogP contribution in [0.25, 0.3) is 0 Å². The second kappa shape index (κ2) is 5.36. The van der Waals surface area contributed by atoms with Gasteiger partial charge in [-0.15, -0.1) is 0 Å². The number of aryl methyl sites for hydroxylation is 1. The van der Waals surface area contributed by atoms with Crippen LogP contribution in [-0.2, 0) is 0 Å². The standard InChI is InChI=1S/C13H22N4/c1-10-6-7-12(14)13(16-10)15-9-11-5-3-4-8-17(11)2/h6-7,11H,3-5,8-9,14H2,1-2H3,(H,15,16). The van der Waals surface area contributed by atoms with Gasteiger partial charge in [0, 0.05) is 18.3 Å². The van der Waals surface area contributed by atoms with E-state index in [1.54, 1.807) is 0 Å². The predicted molar refractivity (Wildman–Crippen MR) is 72.1 cm³/mol. The van der Waals surface area contributed by atoms with Crippen molar-refractivity contribution in [3.8, 4) is 0 Å². The van der Waals surface area contributed by atoms with Gasteiger partial charge in [-0.3, -0.25) is 0 Å². The molecule has 1 atom stereocenters. The van der Waals surface area contributed by atoms with E-state index in [0.717, 1.165) is 23.7 Å². The van der Waals surface area contributed by atoms with Crippen molar-refractivity contribution < 1.29 is 0 Å². The number of aromatic nitrogens is 1. The van der Waals surface area contributed by atoms with Gasteiger partial charge < -0.3 is 16.0 Å². The van der Waals surface area contributed by atoms with Gasteiger partial charge in [-0.25, -0.2) is 4.98 Å². The number of rotatable bonds is 3. The maximum Gasteiger partial charge on any atom is 0.149 e. The summed E-state index contributed by atoms with van der Waals surface area (Å²) in [5.74, 6) is 0.823. The van der Waals surface area contributed by atoms with Crippen molar-refractivity contribution in [2.24, 2.45) is 0 Å². The number of likely N-dealkylation sites (N-methyl/N-ethyl adjacent to an activating group) is 1. The third-order valence-corrected chi connectivity index (χ3v) is 3.49. The minimum Gasteiger partial charge on any atom is -0.396 e. The SMILES string of the molecule is Cc1ccc(N)c(NCC2CCCCN2C)n1. The molecule has 94 valence electrons. The van der Waals surface area contributed by atoms with Gasteiger partial charge in [0.2, 0.25) is 0 Å². The van der Waals surface area contributed by atoms with Gasteiger partial charge in [0.25, 0.3) is 0 Å². The zero-order valence-corrected chi connectivity index (χ0v) is 10.7. The first-order valence-corrected chi connectivity index (χ1v) is 6.34. The third-order valence-electron chi connectivity index (χ3n) is 3.49. The molecular weight excluding hydrogens is 212 g/mol. The van der Waals surface area contributed by atoms with Crippen molar-refractivity contribution in [2.75, 3.05) is 31.2 Å². The molecular formula is C13H22N4. The highest BCUT2D eigenvalue weighted by Gasteiger charge is 2.18. The Kier molecular flexibility index (Phi) is 3.84. The normalized spacial score (nSPS) is 21.4. The zero-order chi connectivity index (χ0) is 12.3. The molecule has 1 aliphatic rings. The molecule has 1 aromatic heterocycles. The summed E-state index contributed by atoms with van der Waals surface area (Å²) in [4.78, 5) is 6.85. The van der Waals surface area contributed by atoms with Gasteiger partial charge in [0.15, 0.2) is 0 Å². The highest BCUT2D eigenvalue weighted by Crippen LogP contribution is 2.18. The van der Waals surface area contributed by atoms with Gasteiger partial charge in [-0.05, 0) is 45.5 Å². The number of hydrogen-bond donors (Lipinski definition) is 2. The molecule has 17 heavy (non-hydrogen) atoms. The van der Waals surface area contributed by atoms with Crippen LogP contribution in [0.15, 0.2) is 12.1 Å². The van der Waals surface area contributed by atoms with Gasteiger partial charge in [-0.2, -0.15) is 0 Å². The largest absolute Gasteiger partial charge is 0.396 e. The molecule has 0 spiro atoms. The molecule has 4 nitrogen and oxygen atoms in total. The predicted octanol–water partition coefficient (Wildman–Crippen LogP) is 1.87. The number of nitrogens with zero attached hydrogens (tertiary/aromatic N) is 2. The van der Waals surface area contributed by atoms with Gasteiger partial charge in [0.05, 0.1) is 5.69 Å². The molecule has 0 saturated carbocycles. The van der Waals surface area contributed by atoms with Crippen molar-refractivity contribution in [3.63, 3.8) is 0 Å². The Morgan fingerprint density at radius 1 is 1.47 bits per heavy atom. The molecule has 3 N–H and O–H groups in total. The number of anilines is 2. The quantitative estimate of drug-likeness (QED) is 0.838. The molecule has 1 aliphatic heterocycles. The Balaban J connectivity index is 1.94. The number of nitrogen functional groups attached to an aromatic ring is 1. The molecule has 0 amide bonds. The molecule has 2 heterocycles. The minimum absolute atomic E-state index is 0.602. The molecule has 1 saturated heterocycles. The number of nitrogens with two attached hydrogens (primary N) is 1. The highest BCUT2D eigenvalue weighted by atomic mass is 15.2. The Hall–Kier alpha value is -1.29. The van der Waals surface area contributed by atoms with Crippen molar-refractivity contribution >= 4 is 11.5 Å². The zero-order valence-electron chi connectivity index (χ0n) is 10.7. The summed E-state index contributed by atoms with van der Waals surface area (Å²) in [6.07, 6.45) is 3.90. The van der Waals surface area contributed by atoms with Crippen LogP contribution in [0.1, 0.15) is 25.0 Å². The summed E-state index contributed by atoms with van der Waals surface area (Å²) < 4.78 is 0. The van der Waals surface area contributed by atoms with Crippen molar-refractivity contribution in [2.45, 2.75) is 32.2 Å². The second-order valence-electron chi connectivity index (χ2n) is 4.90. The second-order valence-corrected chi connectivity index (χ2v) is 4.90. The van der Waals surface area contributed by atoms with E-state index in [1.165, 1.54) is 25.8 Å². The van der Waals surface area contributed by atoms with E-state index in [-0.39, 0.29) is 0 Å². The fraction of sp³-hybridized carbons (Fsp3) is 0.615. The maximum atomic E-state index is 5.90. The van der Waals surface area contributed by atoms with E-state index >= 15 is 0 Å². The molecule has 1 unspecified atom stereocenters. The molecule has 0 bridgehead atoms. The van der Waals surface area contributed by atoms with Gasteiger partial charge in [0.1, 0.15) is 5.82 Å². The lowest BCUT2D eigenvalue weighted by Gasteiger charge is -2.32. The summed E-state index contributed by atoms with van der Waals surface area (Å²) in [5.41, 5.74) is 7.63. The lowest BCUT2D eigenvalue weighted by Crippen LogP contribution is -2.40. The van der Waals surface area contributed by atoms with Crippen LogP contribution in [0.4, 0.5) is 11.5 Å². The fourth-order valence-corrected chi connectivity index (χ4v) is 2.33. The molecule has 0 aromatic carbocycles. The number of hydrogen-bond acceptors (Lipinski definition) is 4. The van der Waals surface area contributed by atoms with E-state index in [4.69, 9.17) is 5.73 Å². The topological polar surface area (TPSA) is 54.2 Å². The van der Waals surface area contributed by atoms with E-state index in [2.05, 4.69) is 22.2 Å². The number of pyridine rings is 1. The lowest BCUT2D eigenvalue weighted by molar-refractivity contribution is 0.194. The summed E-state index contributed by atoms with van der Waals surface area (Å²) in [7, 11) is 2.19. The number of piperidine rings is 1. The summed E-state index contributed by atoms with van der Waals surface area (Å²) >= 11 is 0. The number of likely N-dealkylation sites (tertiary alicyclic amines) is 1. The first kappa shape index (κ1) is 12.2. The smallest absolute Gasteiger partial charge is 0.149 e. The van der Waals surface area contributed by atoms with Gasteiger partial charge in [-0.1, -0.05) is 6.42 Å². The van der Waals surface area contributed by atoms with E-state index < -0.39 is 0 Å². The van der Waals surface area contributed by atoms with Crippen LogP contribution < -0.4 is 11.1 Å². The first-order chi connectivity index (χ1) is 8.16. The lowest BCUT2D eigenvalue weighted by atomic mass is 10.0. The monoisotopic (exact) mass is 234 g/mol. The molecule has 1 aromatic rings. The van der Waals surface area contributed by atoms with Gasteiger partial charge >= 0.3 is 0 Å². The average molecular weight is 234 g/mol. The Bertz CT molecular complexity index is 378. The van der Waals surface area contributed by atoms with Crippen LogP contribution in [0.5, 0.6) is 0 Å². The summed E-state index contributed by atoms with van der Waals surface area (Å²) in [6, 6.07) is 4.45. The third kappa shape index (κ3) is 3.09. The molecule has 0 aliphatic carbocycles. The Labute approximate surface area is 103 Å². The first-order valence-electron chi connectivity index (χ1n) is 6.34. The van der Waals surface area contributed by atoms with Crippen LogP contribution in [0.2, 0.25) is 0 Å². The Morgan fingerprint density at radius 3 is 3.06 bits per heavy atom. The van der Waals surface area contributed by atoms with Crippen LogP contribution >= 0.6 is 0 Å². The minimum atomic E-state index is 0.602. The van der Waals surface area contributed by atoms with E-state index in [1.807, 2.05) is 19.1 Å². The van der Waals surface area contributed by atoms with Crippen molar-refractivity contribution in [1.82, 2.24) is 9.88 Å². The van der Waals surface area contributed by atoms with E-state index in [0.29, 0.717) is 6.04 Å². The highest BCUT2D eigenvalue weighted by molar-refractivity contribution is 5.61. The molecule has 4 heteroatoms.